The number of nitrogens with zero attached hydrogens (tertiary/aromatic N) is 2. The van der Waals surface area contributed by atoms with Crippen LogP contribution in [0.5, 0.6) is 0 Å². The zero-order chi connectivity index (χ0) is 26.0. The second-order valence-corrected chi connectivity index (χ2v) is 11.2. The molecule has 5 rings (SSSR count). The second kappa shape index (κ2) is 11.6. The van der Waals surface area contributed by atoms with E-state index in [-0.39, 0.29) is 48.5 Å². The lowest BCUT2D eigenvalue weighted by Gasteiger charge is -2.45. The minimum absolute atomic E-state index is 0.0389. The highest BCUT2D eigenvalue weighted by molar-refractivity contribution is 5.80. The molecule has 4 aliphatic heterocycles. The van der Waals surface area contributed by atoms with Crippen molar-refractivity contribution in [3.63, 3.8) is 0 Å². The molecule has 7 atom stereocenters. The molecule has 1 aliphatic carbocycles. The number of hydrogen-bond donors (Lipinski definition) is 4. The van der Waals surface area contributed by atoms with Crippen LogP contribution in [0.4, 0.5) is 13.2 Å². The molecule has 0 aromatic heterocycles. The average molecular weight is 527 g/mol. The van der Waals surface area contributed by atoms with E-state index in [1.54, 1.807) is 0 Å². The Morgan fingerprint density at radius 2 is 1.92 bits per heavy atom. The fourth-order valence-electron chi connectivity index (χ4n) is 6.72. The van der Waals surface area contributed by atoms with Gasteiger partial charge in [-0.15, -0.1) is 0 Å². The number of rotatable bonds is 6. The minimum Gasteiger partial charge on any atom is -0.379 e. The van der Waals surface area contributed by atoms with E-state index in [1.807, 2.05) is 0 Å². The Morgan fingerprint density at radius 3 is 2.59 bits per heavy atom. The molecule has 0 bridgehead atoms. The maximum atomic E-state index is 13.6. The molecule has 5 aliphatic rings. The molecule has 3 fully saturated rings. The van der Waals surface area contributed by atoms with Crippen molar-refractivity contribution in [2.45, 2.75) is 63.2 Å². The van der Waals surface area contributed by atoms with Gasteiger partial charge in [-0.1, -0.05) is 19.1 Å². The maximum Gasteiger partial charge on any atom is 0.422 e. The number of morpholine rings is 1. The summed E-state index contributed by atoms with van der Waals surface area (Å²) in [5.41, 5.74) is 0.810. The normalized spacial score (nSPS) is 36.4. The predicted octanol–water partition coefficient (Wildman–Crippen LogP) is 1.38. The first kappa shape index (κ1) is 26.9. The molecule has 1 saturated carbocycles. The van der Waals surface area contributed by atoms with Crippen LogP contribution in [0.15, 0.2) is 23.9 Å². The Labute approximate surface area is 217 Å². The molecule has 37 heavy (non-hydrogen) atoms. The Bertz CT molecular complexity index is 856. The van der Waals surface area contributed by atoms with Gasteiger partial charge < -0.3 is 15.4 Å². The van der Waals surface area contributed by atoms with Crippen LogP contribution in [0.3, 0.4) is 0 Å². The van der Waals surface area contributed by atoms with Crippen LogP contribution >= 0.6 is 0 Å². The fourth-order valence-corrected chi connectivity index (χ4v) is 6.72. The van der Waals surface area contributed by atoms with E-state index in [2.05, 4.69) is 50.1 Å². The van der Waals surface area contributed by atoms with E-state index in [0.29, 0.717) is 32.8 Å². The Hall–Kier alpha value is -1.66. The lowest BCUT2D eigenvalue weighted by Crippen LogP contribution is -2.59. The van der Waals surface area contributed by atoms with Crippen LogP contribution in [0.25, 0.3) is 0 Å². The summed E-state index contributed by atoms with van der Waals surface area (Å²) in [6.45, 7) is 7.37. The summed E-state index contributed by atoms with van der Waals surface area (Å²) < 4.78 is 44.8. The van der Waals surface area contributed by atoms with Gasteiger partial charge in [0.25, 0.3) is 0 Å². The molecule has 2 saturated heterocycles. The smallest absolute Gasteiger partial charge is 0.379 e. The van der Waals surface area contributed by atoms with Crippen LogP contribution in [0.1, 0.15) is 32.6 Å². The van der Waals surface area contributed by atoms with E-state index >= 15 is 0 Å². The number of alkyl halides is 3. The van der Waals surface area contributed by atoms with E-state index < -0.39 is 12.3 Å². The second-order valence-electron chi connectivity index (χ2n) is 11.2. The number of amides is 1. The third kappa shape index (κ3) is 6.16. The summed E-state index contributed by atoms with van der Waals surface area (Å²) in [6.07, 6.45) is 4.65. The highest BCUT2D eigenvalue weighted by Gasteiger charge is 2.44. The quantitative estimate of drug-likeness (QED) is 0.390. The third-order valence-electron chi connectivity index (χ3n) is 8.82. The third-order valence-corrected chi connectivity index (χ3v) is 8.82. The molecular formula is C26H41F3N6O2. The van der Waals surface area contributed by atoms with E-state index in [4.69, 9.17) is 4.74 Å². The van der Waals surface area contributed by atoms with Crippen molar-refractivity contribution < 1.29 is 22.7 Å². The van der Waals surface area contributed by atoms with Gasteiger partial charge in [-0.2, -0.15) is 13.2 Å². The Balaban J connectivity index is 1.25. The van der Waals surface area contributed by atoms with Crippen molar-refractivity contribution in [1.29, 1.82) is 0 Å². The summed E-state index contributed by atoms with van der Waals surface area (Å²) >= 11 is 0. The van der Waals surface area contributed by atoms with Crippen LogP contribution in [-0.2, 0) is 9.53 Å². The fraction of sp³-hybridized carbons (Fsp3) is 0.808. The van der Waals surface area contributed by atoms with Crippen molar-refractivity contribution in [3.8, 4) is 0 Å². The largest absolute Gasteiger partial charge is 0.422 e. The summed E-state index contributed by atoms with van der Waals surface area (Å²) in [4.78, 5) is 18.3. The lowest BCUT2D eigenvalue weighted by atomic mass is 9.68. The molecule has 4 heterocycles. The molecule has 0 aromatic carbocycles. The molecule has 8 nitrogen and oxygen atoms in total. The van der Waals surface area contributed by atoms with Gasteiger partial charge in [0.1, 0.15) is 0 Å². The molecule has 7 unspecified atom stereocenters. The first-order chi connectivity index (χ1) is 17.8. The van der Waals surface area contributed by atoms with E-state index in [9.17, 15) is 18.0 Å². The first-order valence-electron chi connectivity index (χ1n) is 13.8. The number of carbonyl (C=O) groups is 1. The highest BCUT2D eigenvalue weighted by atomic mass is 19.4. The van der Waals surface area contributed by atoms with Crippen molar-refractivity contribution in [1.82, 2.24) is 31.1 Å². The predicted molar refractivity (Wildman–Crippen MR) is 134 cm³/mol. The zero-order valence-electron chi connectivity index (χ0n) is 21.6. The number of nitrogens with one attached hydrogen (secondary N) is 4. The van der Waals surface area contributed by atoms with Crippen LogP contribution in [0, 0.1) is 17.8 Å². The number of hydrogen-bond acceptors (Lipinski definition) is 7. The molecule has 4 N–H and O–H groups in total. The summed E-state index contributed by atoms with van der Waals surface area (Å²) in [7, 11) is 0. The van der Waals surface area contributed by atoms with Gasteiger partial charge in [0.15, 0.2) is 6.17 Å². The topological polar surface area (TPSA) is 80.9 Å². The SMILES string of the molecule is CC1CCC2NC(N3CCCC3)C=CC2C1C(=O)NCC(C1=CNC(C(F)(F)F)NC1)N1CCOCC1. The van der Waals surface area contributed by atoms with Gasteiger partial charge in [0.2, 0.25) is 5.91 Å². The zero-order valence-corrected chi connectivity index (χ0v) is 21.6. The molecule has 0 aromatic rings. The van der Waals surface area contributed by atoms with Crippen LogP contribution < -0.4 is 21.3 Å². The van der Waals surface area contributed by atoms with Gasteiger partial charge in [-0.3, -0.25) is 25.2 Å². The Kier molecular flexibility index (Phi) is 8.45. The molecule has 208 valence electrons. The monoisotopic (exact) mass is 526 g/mol. The van der Waals surface area contributed by atoms with E-state index in [1.165, 1.54) is 19.0 Å². The van der Waals surface area contributed by atoms with Crippen molar-refractivity contribution in [2.24, 2.45) is 17.8 Å². The maximum absolute atomic E-state index is 13.6. The molecule has 0 radical (unpaired) electrons. The molecular weight excluding hydrogens is 485 g/mol. The summed E-state index contributed by atoms with van der Waals surface area (Å²) in [5, 5.41) is 12.0. The summed E-state index contributed by atoms with van der Waals surface area (Å²) in [6, 6.07) is 0.0858. The number of fused-ring (bicyclic) bond motifs is 1. The van der Waals surface area contributed by atoms with Gasteiger partial charge in [0.05, 0.1) is 25.4 Å². The molecule has 0 spiro atoms. The standard InChI is InChI=1S/C26H41F3N6O2/c1-17-4-6-20-19(5-7-22(33-20)35-8-2-3-9-35)23(17)24(36)30-16-21(34-10-12-37-13-11-34)18-14-31-25(32-15-18)26(27,28)29/h5,7,14,17,19-23,25,31-33H,2-4,6,8-13,15-16H2,1H3,(H,30,36). The van der Waals surface area contributed by atoms with Crippen molar-refractivity contribution in [2.75, 3.05) is 52.5 Å². The van der Waals surface area contributed by atoms with Crippen LogP contribution in [0.2, 0.25) is 0 Å². The highest BCUT2D eigenvalue weighted by Crippen LogP contribution is 2.38. The number of halogens is 3. The van der Waals surface area contributed by atoms with Crippen molar-refractivity contribution in [3.05, 3.63) is 23.9 Å². The summed E-state index contributed by atoms with van der Waals surface area (Å²) in [5.74, 6) is 0.326. The minimum atomic E-state index is -4.37. The lowest BCUT2D eigenvalue weighted by molar-refractivity contribution is -0.161. The molecule has 1 amide bonds. The molecule has 11 heteroatoms. The van der Waals surface area contributed by atoms with Gasteiger partial charge in [0, 0.05) is 50.3 Å². The van der Waals surface area contributed by atoms with Gasteiger partial charge >= 0.3 is 6.18 Å². The van der Waals surface area contributed by atoms with E-state index in [0.717, 1.165) is 31.5 Å². The Morgan fingerprint density at radius 1 is 1.16 bits per heavy atom. The van der Waals surface area contributed by atoms with Gasteiger partial charge in [-0.05, 0) is 50.3 Å². The average Bonchev–Trinajstić information content (AvgIpc) is 3.44. The van der Waals surface area contributed by atoms with Crippen LogP contribution in [-0.4, -0.2) is 98.8 Å². The first-order valence-corrected chi connectivity index (χ1v) is 13.8. The number of ether oxygens (including phenoxy) is 1. The number of likely N-dealkylation sites (tertiary alicyclic amines) is 1. The van der Waals surface area contributed by atoms with Crippen molar-refractivity contribution >= 4 is 5.91 Å². The number of carbonyl (C=O) groups excluding carboxylic acids is 1. The van der Waals surface area contributed by atoms with Gasteiger partial charge in [-0.25, -0.2) is 0 Å².